The van der Waals surface area contributed by atoms with Crippen molar-refractivity contribution in [2.75, 3.05) is 45.5 Å². The second-order valence-corrected chi connectivity index (χ2v) is 11.7. The molecule has 2 rings (SSSR count). The molecule has 0 radical (unpaired) electrons. The number of benzene rings is 1. The molecule has 11 heteroatoms. The molecule has 0 saturated carbocycles. The van der Waals surface area contributed by atoms with Gasteiger partial charge in [0, 0.05) is 44.9 Å². The summed E-state index contributed by atoms with van der Waals surface area (Å²) in [5.74, 6) is -0.0885. The molecule has 1 unspecified atom stereocenters. The van der Waals surface area contributed by atoms with E-state index in [9.17, 15) is 26.2 Å². The van der Waals surface area contributed by atoms with E-state index in [2.05, 4.69) is 18.7 Å². The van der Waals surface area contributed by atoms with Gasteiger partial charge in [-0.25, -0.2) is 8.42 Å². The van der Waals surface area contributed by atoms with Crippen LogP contribution in [0.3, 0.4) is 0 Å². The van der Waals surface area contributed by atoms with Crippen LogP contribution in [0.5, 0.6) is 0 Å². The van der Waals surface area contributed by atoms with Crippen LogP contribution >= 0.6 is 0 Å². The quantitative estimate of drug-likeness (QED) is 0.370. The van der Waals surface area contributed by atoms with Gasteiger partial charge in [-0.3, -0.25) is 9.35 Å². The zero-order valence-electron chi connectivity index (χ0n) is 19.1. The molecule has 0 spiro atoms. The first-order valence-corrected chi connectivity index (χ1v) is 14.2. The van der Waals surface area contributed by atoms with E-state index < -0.39 is 20.1 Å². The Bertz CT molecular complexity index is 964. The maximum absolute atomic E-state index is 12.2. The summed E-state index contributed by atoms with van der Waals surface area (Å²) in [5.41, 5.74) is 1.09. The third kappa shape index (κ3) is 8.11. The minimum Gasteiger partial charge on any atom is -0.341 e. The van der Waals surface area contributed by atoms with Gasteiger partial charge in [-0.05, 0) is 57.0 Å². The normalized spacial score (nSPS) is 17.5. The van der Waals surface area contributed by atoms with Crippen LogP contribution in [0.4, 0.5) is 0 Å². The Morgan fingerprint density at radius 2 is 1.72 bits per heavy atom. The molecular weight excluding hydrogens is 454 g/mol. The molecular formula is C21H35N3O6S2. The molecule has 1 aliphatic rings. The summed E-state index contributed by atoms with van der Waals surface area (Å²) in [6.45, 7) is 6.99. The smallest absolute Gasteiger partial charge is 0.335 e. The van der Waals surface area contributed by atoms with Crippen molar-refractivity contribution >= 4 is 26.0 Å². The Morgan fingerprint density at radius 1 is 1.06 bits per heavy atom. The predicted molar refractivity (Wildman–Crippen MR) is 124 cm³/mol. The fourth-order valence-electron chi connectivity index (χ4n) is 3.97. The number of rotatable bonds is 11. The summed E-state index contributed by atoms with van der Waals surface area (Å²) in [7, 11) is -7.46. The lowest BCUT2D eigenvalue weighted by molar-refractivity contribution is -0.130. The summed E-state index contributed by atoms with van der Waals surface area (Å²) < 4.78 is 55.9. The van der Waals surface area contributed by atoms with Gasteiger partial charge in [0.25, 0.3) is 0 Å². The average Bonchev–Trinajstić information content (AvgIpc) is 2.89. The van der Waals surface area contributed by atoms with Crippen LogP contribution in [0, 0.1) is 0 Å². The van der Waals surface area contributed by atoms with Crippen molar-refractivity contribution in [3.05, 3.63) is 29.8 Å². The van der Waals surface area contributed by atoms with Gasteiger partial charge < -0.3 is 9.80 Å². The molecule has 0 aliphatic carbocycles. The van der Waals surface area contributed by atoms with Gasteiger partial charge in [-0.2, -0.15) is 12.7 Å². The van der Waals surface area contributed by atoms with E-state index in [0.29, 0.717) is 11.4 Å². The minimum atomic E-state index is -4.26. The highest BCUT2D eigenvalue weighted by molar-refractivity contribution is 7.90. The Morgan fingerprint density at radius 3 is 2.28 bits per heavy atom. The van der Waals surface area contributed by atoms with Crippen LogP contribution in [-0.2, 0) is 31.4 Å². The number of nitrogens with zero attached hydrogens (tertiary/aromatic N) is 3. The van der Waals surface area contributed by atoms with E-state index in [4.69, 9.17) is 0 Å². The number of carbonyl (C=O) groups excluding carboxylic acids is 1. The van der Waals surface area contributed by atoms with E-state index in [1.807, 2.05) is 12.1 Å². The highest BCUT2D eigenvalue weighted by atomic mass is 32.2. The van der Waals surface area contributed by atoms with Crippen molar-refractivity contribution in [2.24, 2.45) is 0 Å². The van der Waals surface area contributed by atoms with E-state index in [1.165, 1.54) is 6.26 Å². The first-order valence-electron chi connectivity index (χ1n) is 10.9. The van der Waals surface area contributed by atoms with Crippen molar-refractivity contribution in [1.82, 2.24) is 14.1 Å². The fourth-order valence-corrected chi connectivity index (χ4v) is 5.23. The van der Waals surface area contributed by atoms with Crippen molar-refractivity contribution in [3.63, 3.8) is 0 Å². The third-order valence-corrected chi connectivity index (χ3v) is 8.06. The summed E-state index contributed by atoms with van der Waals surface area (Å²) in [6.07, 6.45) is 3.80. The van der Waals surface area contributed by atoms with Crippen molar-refractivity contribution in [3.8, 4) is 0 Å². The predicted octanol–water partition coefficient (Wildman–Crippen LogP) is 1.46. The maximum Gasteiger partial charge on any atom is 0.335 e. The van der Waals surface area contributed by atoms with Crippen molar-refractivity contribution in [1.29, 1.82) is 0 Å². The molecule has 182 valence electrons. The van der Waals surface area contributed by atoms with Gasteiger partial charge >= 0.3 is 10.3 Å². The summed E-state index contributed by atoms with van der Waals surface area (Å²) in [4.78, 5) is 16.6. The highest BCUT2D eigenvalue weighted by Gasteiger charge is 2.26. The minimum absolute atomic E-state index is 0.0143. The number of likely N-dealkylation sites (N-methyl/N-ethyl adjacent to an activating group) is 1. The van der Waals surface area contributed by atoms with Gasteiger partial charge in [0.05, 0.1) is 4.90 Å². The van der Waals surface area contributed by atoms with Gasteiger partial charge in [0.2, 0.25) is 5.91 Å². The molecule has 1 aromatic rings. The Hall–Kier alpha value is -1.53. The molecule has 1 aromatic carbocycles. The molecule has 0 bridgehead atoms. The molecule has 1 N–H and O–H groups in total. The average molecular weight is 490 g/mol. The van der Waals surface area contributed by atoms with Crippen LogP contribution in [-0.4, -0.2) is 93.0 Å². The van der Waals surface area contributed by atoms with Crippen LogP contribution in [0.1, 0.15) is 38.7 Å². The molecule has 1 amide bonds. The number of unbranched alkanes of at least 4 members (excludes halogenated alkanes) is 1. The standard InChI is InChI=1S/C21H35N3O6S2/c1-4-22(18(2)17-19-7-9-20(10-8-19)31(3,26)27)12-5-6-13-23-15-16-24(32(28,29)30)14-11-21(23)25/h7-10,18H,4-6,11-17H2,1-3H3,(H,28,29,30). The van der Waals surface area contributed by atoms with Gasteiger partial charge in [-0.15, -0.1) is 0 Å². The van der Waals surface area contributed by atoms with Gasteiger partial charge in [-0.1, -0.05) is 19.1 Å². The molecule has 0 aromatic heterocycles. The van der Waals surface area contributed by atoms with Crippen LogP contribution in [0.15, 0.2) is 29.2 Å². The topological polar surface area (TPSA) is 115 Å². The largest absolute Gasteiger partial charge is 0.341 e. The first-order chi connectivity index (χ1) is 14.9. The van der Waals surface area contributed by atoms with Crippen LogP contribution < -0.4 is 0 Å². The molecule has 1 atom stereocenters. The Balaban J connectivity index is 1.80. The zero-order chi connectivity index (χ0) is 23.9. The number of sulfone groups is 1. The van der Waals surface area contributed by atoms with E-state index in [-0.39, 0.29) is 38.0 Å². The van der Waals surface area contributed by atoms with E-state index in [0.717, 1.165) is 42.2 Å². The van der Waals surface area contributed by atoms with Crippen LogP contribution in [0.25, 0.3) is 0 Å². The maximum atomic E-state index is 12.2. The van der Waals surface area contributed by atoms with Crippen molar-refractivity contribution in [2.45, 2.75) is 50.5 Å². The number of hydrogen-bond acceptors (Lipinski definition) is 6. The second kappa shape index (κ2) is 11.6. The Labute approximate surface area is 192 Å². The van der Waals surface area contributed by atoms with E-state index >= 15 is 0 Å². The van der Waals surface area contributed by atoms with Crippen LogP contribution in [0.2, 0.25) is 0 Å². The second-order valence-electron chi connectivity index (χ2n) is 8.31. The lowest BCUT2D eigenvalue weighted by Crippen LogP contribution is -2.37. The molecule has 1 fully saturated rings. The summed E-state index contributed by atoms with van der Waals surface area (Å²) >= 11 is 0. The van der Waals surface area contributed by atoms with Gasteiger partial charge in [0.15, 0.2) is 9.84 Å². The lowest BCUT2D eigenvalue weighted by Gasteiger charge is -2.28. The van der Waals surface area contributed by atoms with Gasteiger partial charge in [0.1, 0.15) is 0 Å². The number of amides is 1. The van der Waals surface area contributed by atoms with E-state index in [1.54, 1.807) is 17.0 Å². The molecule has 1 saturated heterocycles. The molecule has 9 nitrogen and oxygen atoms in total. The number of hydrogen-bond donors (Lipinski definition) is 1. The summed E-state index contributed by atoms with van der Waals surface area (Å²) in [5, 5.41) is 0. The highest BCUT2D eigenvalue weighted by Crippen LogP contribution is 2.15. The zero-order valence-corrected chi connectivity index (χ0v) is 20.7. The van der Waals surface area contributed by atoms with Crippen molar-refractivity contribution < 1.29 is 26.2 Å². The molecule has 32 heavy (non-hydrogen) atoms. The summed E-state index contributed by atoms with van der Waals surface area (Å²) in [6, 6.07) is 7.31. The third-order valence-electron chi connectivity index (χ3n) is 5.91. The SMILES string of the molecule is CCN(CCCCN1CCN(S(=O)(=O)O)CCC1=O)C(C)Cc1ccc(S(C)(=O)=O)cc1. The fraction of sp³-hybridized carbons (Fsp3) is 0.667. The monoisotopic (exact) mass is 489 g/mol. The first kappa shape index (κ1) is 26.7. The number of carbonyl (C=O) groups is 1. The Kier molecular flexibility index (Phi) is 9.65. The molecule has 1 heterocycles. The molecule has 1 aliphatic heterocycles. The lowest BCUT2D eigenvalue weighted by atomic mass is 10.1.